The Morgan fingerprint density at radius 3 is 2.52 bits per heavy atom. The van der Waals surface area contributed by atoms with Gasteiger partial charge in [-0.15, -0.1) is 0 Å². The number of hydrogen-bond donors (Lipinski definition) is 2. The van der Waals surface area contributed by atoms with Crippen molar-refractivity contribution in [3.05, 3.63) is 64.3 Å². The zero-order valence-electron chi connectivity index (χ0n) is 16.7. The summed E-state index contributed by atoms with van der Waals surface area (Å²) in [5.41, 5.74) is 6.77. The average Bonchev–Trinajstić information content (AvgIpc) is 2.76. The number of sulfonamides is 1. The maximum Gasteiger partial charge on any atom is 0.264 e. The third kappa shape index (κ3) is 5.37. The largest absolute Gasteiger partial charge is 0.478 e. The van der Waals surface area contributed by atoms with Crippen LogP contribution in [0.25, 0.3) is 0 Å². The number of anilines is 1. The van der Waals surface area contributed by atoms with Gasteiger partial charge in [0.15, 0.2) is 0 Å². The summed E-state index contributed by atoms with van der Waals surface area (Å²) < 4.78 is 38.6. The summed E-state index contributed by atoms with van der Waals surface area (Å²) in [6.07, 6.45) is 1.27. The van der Waals surface area contributed by atoms with Gasteiger partial charge in [0.05, 0.1) is 23.4 Å². The molecule has 0 aliphatic rings. The van der Waals surface area contributed by atoms with Crippen LogP contribution in [-0.2, 0) is 10.0 Å². The van der Waals surface area contributed by atoms with Gasteiger partial charge >= 0.3 is 0 Å². The zero-order chi connectivity index (χ0) is 22.6. The van der Waals surface area contributed by atoms with Gasteiger partial charge in [0.25, 0.3) is 15.9 Å². The Balaban J connectivity index is 1.82. The summed E-state index contributed by atoms with van der Waals surface area (Å²) in [6.45, 7) is 2.57. The molecule has 1 unspecified atom stereocenters. The third-order valence-corrected chi connectivity index (χ3v) is 6.69. The molecular formula is C20H20Cl2N4O4S. The minimum atomic E-state index is -4.09. The van der Waals surface area contributed by atoms with E-state index in [0.717, 1.165) is 5.56 Å². The molecule has 2 aromatic carbocycles. The number of benzene rings is 2. The van der Waals surface area contributed by atoms with Gasteiger partial charge in [-0.05, 0) is 42.3 Å². The van der Waals surface area contributed by atoms with Crippen LogP contribution in [0.1, 0.15) is 18.4 Å². The van der Waals surface area contributed by atoms with Gasteiger partial charge in [-0.3, -0.25) is 4.72 Å². The maximum absolute atomic E-state index is 12.7. The molecule has 0 saturated carbocycles. The molecule has 11 heteroatoms. The van der Waals surface area contributed by atoms with Crippen LogP contribution in [0.15, 0.2) is 53.6 Å². The molecule has 3 aromatic rings. The molecule has 8 nitrogen and oxygen atoms in total. The number of nitrogens with one attached hydrogen (secondary N) is 1. The molecule has 0 spiro atoms. The van der Waals surface area contributed by atoms with Gasteiger partial charge in [-0.25, -0.2) is 13.4 Å². The van der Waals surface area contributed by atoms with E-state index in [1.807, 2.05) is 19.1 Å². The van der Waals surface area contributed by atoms with Gasteiger partial charge in [0, 0.05) is 0 Å². The van der Waals surface area contributed by atoms with E-state index in [0.29, 0.717) is 12.3 Å². The number of methoxy groups -OCH3 is 1. The molecule has 1 aromatic heterocycles. The number of ether oxygens (including phenoxy) is 2. The molecule has 0 aliphatic heterocycles. The number of rotatable bonds is 8. The second-order valence-electron chi connectivity index (χ2n) is 6.53. The topological polar surface area (TPSA) is 116 Å². The standard InChI is InChI=1S/C20H20Cl2N4O4S/c1-12(10-23)13-6-8-14(9-7-13)30-17-11-24-19(20(25-17)29-2)26-31(27,28)16-5-3-4-15(21)18(16)22/h3-9,11-12H,10,23H2,1-2H3,(H,24,26). The lowest BCUT2D eigenvalue weighted by molar-refractivity contribution is 0.382. The van der Waals surface area contributed by atoms with Crippen molar-refractivity contribution in [2.24, 2.45) is 5.73 Å². The van der Waals surface area contributed by atoms with Crippen LogP contribution >= 0.6 is 23.2 Å². The fourth-order valence-corrected chi connectivity index (χ4v) is 4.38. The van der Waals surface area contributed by atoms with Crippen LogP contribution < -0.4 is 19.9 Å². The van der Waals surface area contributed by atoms with Crippen LogP contribution in [0.3, 0.4) is 0 Å². The second-order valence-corrected chi connectivity index (χ2v) is 8.97. The first kappa shape index (κ1) is 23.1. The lowest BCUT2D eigenvalue weighted by Gasteiger charge is -2.13. The van der Waals surface area contributed by atoms with E-state index in [-0.39, 0.29) is 38.4 Å². The Morgan fingerprint density at radius 2 is 1.87 bits per heavy atom. The monoisotopic (exact) mass is 482 g/mol. The van der Waals surface area contributed by atoms with Crippen LogP contribution in [0.4, 0.5) is 5.82 Å². The predicted molar refractivity (Wildman–Crippen MR) is 120 cm³/mol. The molecular weight excluding hydrogens is 463 g/mol. The average molecular weight is 483 g/mol. The second kappa shape index (κ2) is 9.69. The van der Waals surface area contributed by atoms with E-state index in [1.165, 1.54) is 31.5 Å². The van der Waals surface area contributed by atoms with Gasteiger partial charge in [-0.1, -0.05) is 48.3 Å². The first-order valence-electron chi connectivity index (χ1n) is 9.11. The van der Waals surface area contributed by atoms with Gasteiger partial charge in [0.2, 0.25) is 11.7 Å². The third-order valence-electron chi connectivity index (χ3n) is 4.37. The molecule has 1 heterocycles. The molecule has 164 valence electrons. The first-order valence-corrected chi connectivity index (χ1v) is 11.3. The summed E-state index contributed by atoms with van der Waals surface area (Å²) in [4.78, 5) is 8.04. The van der Waals surface area contributed by atoms with Crippen LogP contribution in [0.5, 0.6) is 17.5 Å². The summed E-state index contributed by atoms with van der Waals surface area (Å²) in [7, 11) is -2.75. The summed E-state index contributed by atoms with van der Waals surface area (Å²) >= 11 is 11.9. The molecule has 0 aliphatic carbocycles. The van der Waals surface area contributed by atoms with Crippen molar-refractivity contribution in [1.82, 2.24) is 9.97 Å². The van der Waals surface area contributed by atoms with Crippen LogP contribution in [-0.4, -0.2) is 32.0 Å². The highest BCUT2D eigenvalue weighted by Crippen LogP contribution is 2.32. The van der Waals surface area contributed by atoms with Crippen LogP contribution in [0, 0.1) is 0 Å². The zero-order valence-corrected chi connectivity index (χ0v) is 19.0. The van der Waals surface area contributed by atoms with Crippen molar-refractivity contribution in [3.63, 3.8) is 0 Å². The van der Waals surface area contributed by atoms with E-state index in [4.69, 9.17) is 38.4 Å². The van der Waals surface area contributed by atoms with Crippen molar-refractivity contribution in [3.8, 4) is 17.5 Å². The Kier molecular flexibility index (Phi) is 7.22. The Labute approximate surface area is 190 Å². The quantitative estimate of drug-likeness (QED) is 0.486. The fraction of sp³-hybridized carbons (Fsp3) is 0.200. The summed E-state index contributed by atoms with van der Waals surface area (Å²) in [5.74, 6) is 0.684. The highest BCUT2D eigenvalue weighted by atomic mass is 35.5. The molecule has 1 atom stereocenters. The molecule has 0 fully saturated rings. The number of nitrogens with zero attached hydrogens (tertiary/aromatic N) is 2. The molecule has 0 bridgehead atoms. The summed E-state index contributed by atoms with van der Waals surface area (Å²) in [5, 5.41) is 0.00848. The lowest BCUT2D eigenvalue weighted by atomic mass is 10.0. The molecule has 0 saturated heterocycles. The van der Waals surface area contributed by atoms with Gasteiger partial charge in [0.1, 0.15) is 10.6 Å². The Hall–Kier alpha value is -2.59. The number of nitrogens with two attached hydrogens (primary N) is 1. The maximum atomic E-state index is 12.7. The van der Waals surface area contributed by atoms with E-state index in [2.05, 4.69) is 14.7 Å². The molecule has 31 heavy (non-hydrogen) atoms. The highest BCUT2D eigenvalue weighted by molar-refractivity contribution is 7.92. The predicted octanol–water partition coefficient (Wildman–Crippen LogP) is 4.45. The van der Waals surface area contributed by atoms with Crippen LogP contribution in [0.2, 0.25) is 10.0 Å². The number of aromatic nitrogens is 2. The van der Waals surface area contributed by atoms with E-state index in [1.54, 1.807) is 12.1 Å². The van der Waals surface area contributed by atoms with Crippen molar-refractivity contribution < 1.29 is 17.9 Å². The van der Waals surface area contributed by atoms with Crippen molar-refractivity contribution >= 4 is 39.0 Å². The molecule has 3 N–H and O–H groups in total. The smallest absolute Gasteiger partial charge is 0.264 e. The minimum absolute atomic E-state index is 0.0763. The number of hydrogen-bond acceptors (Lipinski definition) is 7. The van der Waals surface area contributed by atoms with Crippen molar-refractivity contribution in [2.75, 3.05) is 18.4 Å². The lowest BCUT2D eigenvalue weighted by Crippen LogP contribution is -2.15. The van der Waals surface area contributed by atoms with E-state index in [9.17, 15) is 8.42 Å². The molecule has 3 rings (SSSR count). The van der Waals surface area contributed by atoms with Crippen molar-refractivity contribution in [1.29, 1.82) is 0 Å². The van der Waals surface area contributed by atoms with Crippen molar-refractivity contribution in [2.45, 2.75) is 17.7 Å². The molecule has 0 radical (unpaired) electrons. The Morgan fingerprint density at radius 1 is 1.16 bits per heavy atom. The number of halogens is 2. The highest BCUT2D eigenvalue weighted by Gasteiger charge is 2.23. The van der Waals surface area contributed by atoms with E-state index < -0.39 is 10.0 Å². The first-order chi connectivity index (χ1) is 14.7. The SMILES string of the molecule is COc1nc(Oc2ccc(C(C)CN)cc2)cnc1NS(=O)(=O)c1cccc(Cl)c1Cl. The minimum Gasteiger partial charge on any atom is -0.478 e. The normalized spacial score (nSPS) is 12.3. The molecule has 0 amide bonds. The fourth-order valence-electron chi connectivity index (χ4n) is 2.61. The van der Waals surface area contributed by atoms with Gasteiger partial charge < -0.3 is 15.2 Å². The van der Waals surface area contributed by atoms with Gasteiger partial charge in [-0.2, -0.15) is 4.98 Å². The van der Waals surface area contributed by atoms with E-state index >= 15 is 0 Å². The summed E-state index contributed by atoms with van der Waals surface area (Å²) in [6, 6.07) is 11.7. The Bertz CT molecular complexity index is 1170.